The van der Waals surface area contributed by atoms with Gasteiger partial charge in [0.05, 0.1) is 18.1 Å². The van der Waals surface area contributed by atoms with Crippen LogP contribution in [0.25, 0.3) is 0 Å². The molecule has 2 N–H and O–H groups in total. The number of aliphatic hydroxyl groups excluding tert-OH is 1. The molecular formula is C12H17NO4S. The fourth-order valence-electron chi connectivity index (χ4n) is 1.87. The maximum atomic E-state index is 12.1. The van der Waals surface area contributed by atoms with Crippen molar-refractivity contribution >= 4 is 10.0 Å². The van der Waals surface area contributed by atoms with Crippen LogP contribution in [0.5, 0.6) is 5.75 Å². The van der Waals surface area contributed by atoms with Crippen molar-refractivity contribution in [1.29, 1.82) is 0 Å². The Morgan fingerprint density at radius 2 is 2.28 bits per heavy atom. The number of sulfonamides is 1. The second-order valence-electron chi connectivity index (χ2n) is 4.28. The lowest BCUT2D eigenvalue weighted by Crippen LogP contribution is -2.36. The molecule has 0 bridgehead atoms. The van der Waals surface area contributed by atoms with Gasteiger partial charge in [0.2, 0.25) is 10.0 Å². The van der Waals surface area contributed by atoms with Gasteiger partial charge >= 0.3 is 0 Å². The molecule has 0 saturated carbocycles. The molecule has 0 radical (unpaired) electrons. The van der Waals surface area contributed by atoms with Crippen LogP contribution in [0.3, 0.4) is 0 Å². The van der Waals surface area contributed by atoms with Gasteiger partial charge in [-0.2, -0.15) is 0 Å². The summed E-state index contributed by atoms with van der Waals surface area (Å²) in [7, 11) is -3.57. The van der Waals surface area contributed by atoms with Crippen LogP contribution >= 0.6 is 0 Å². The average Bonchev–Trinajstić information content (AvgIpc) is 2.83. The van der Waals surface area contributed by atoms with Crippen LogP contribution in [-0.2, 0) is 16.4 Å². The second kappa shape index (κ2) is 5.26. The normalized spacial score (nSPS) is 16.1. The number of hydrogen-bond acceptors (Lipinski definition) is 4. The third-order valence-corrected chi connectivity index (χ3v) is 4.52. The van der Waals surface area contributed by atoms with E-state index in [4.69, 9.17) is 9.84 Å². The summed E-state index contributed by atoms with van der Waals surface area (Å²) in [4.78, 5) is 0.221. The Morgan fingerprint density at radius 1 is 1.50 bits per heavy atom. The van der Waals surface area contributed by atoms with Crippen LogP contribution in [0.15, 0.2) is 23.1 Å². The van der Waals surface area contributed by atoms with E-state index in [1.807, 2.05) is 6.92 Å². The molecule has 1 aliphatic rings. The number of hydrogen-bond donors (Lipinski definition) is 2. The Kier molecular flexibility index (Phi) is 3.89. The van der Waals surface area contributed by atoms with Crippen molar-refractivity contribution in [2.45, 2.75) is 30.7 Å². The number of rotatable bonds is 5. The molecule has 0 fully saturated rings. The van der Waals surface area contributed by atoms with E-state index in [-0.39, 0.29) is 11.5 Å². The van der Waals surface area contributed by atoms with E-state index in [1.54, 1.807) is 12.1 Å². The van der Waals surface area contributed by atoms with Crippen molar-refractivity contribution in [1.82, 2.24) is 4.72 Å². The van der Waals surface area contributed by atoms with Crippen molar-refractivity contribution in [3.05, 3.63) is 23.8 Å². The highest BCUT2D eigenvalue weighted by atomic mass is 32.2. The van der Waals surface area contributed by atoms with Gasteiger partial charge in [0.25, 0.3) is 0 Å². The van der Waals surface area contributed by atoms with E-state index in [0.717, 1.165) is 17.7 Å². The van der Waals surface area contributed by atoms with Gasteiger partial charge in [-0.1, -0.05) is 6.92 Å². The average molecular weight is 271 g/mol. The maximum Gasteiger partial charge on any atom is 0.240 e. The van der Waals surface area contributed by atoms with E-state index in [9.17, 15) is 8.42 Å². The summed E-state index contributed by atoms with van der Waals surface area (Å²) in [6.07, 6.45) is 1.28. The zero-order valence-corrected chi connectivity index (χ0v) is 11.0. The number of ether oxygens (including phenoxy) is 1. The Balaban J connectivity index is 2.24. The molecule has 1 heterocycles. The van der Waals surface area contributed by atoms with Gasteiger partial charge in [-0.3, -0.25) is 0 Å². The minimum Gasteiger partial charge on any atom is -0.493 e. The quantitative estimate of drug-likeness (QED) is 0.825. The lowest BCUT2D eigenvalue weighted by atomic mass is 10.2. The molecule has 6 heteroatoms. The predicted octanol–water partition coefficient (Wildman–Crippen LogP) is 0.671. The first-order valence-electron chi connectivity index (χ1n) is 5.95. The summed E-state index contributed by atoms with van der Waals surface area (Å²) in [5, 5.41) is 9.04. The molecule has 5 nitrogen and oxygen atoms in total. The highest BCUT2D eigenvalue weighted by molar-refractivity contribution is 7.89. The Labute approximate surface area is 107 Å². The van der Waals surface area contributed by atoms with Crippen molar-refractivity contribution in [2.75, 3.05) is 13.2 Å². The van der Waals surface area contributed by atoms with E-state index in [0.29, 0.717) is 13.0 Å². The van der Waals surface area contributed by atoms with Gasteiger partial charge in [-0.25, -0.2) is 13.1 Å². The van der Waals surface area contributed by atoms with Crippen molar-refractivity contribution in [2.24, 2.45) is 0 Å². The summed E-state index contributed by atoms with van der Waals surface area (Å²) in [6, 6.07) is 4.39. The molecule has 18 heavy (non-hydrogen) atoms. The lowest BCUT2D eigenvalue weighted by molar-refractivity contribution is 0.254. The topological polar surface area (TPSA) is 75.6 Å². The molecule has 1 aliphatic heterocycles. The monoisotopic (exact) mass is 271 g/mol. The molecule has 0 aromatic heterocycles. The van der Waals surface area contributed by atoms with E-state index < -0.39 is 16.1 Å². The second-order valence-corrected chi connectivity index (χ2v) is 5.99. The van der Waals surface area contributed by atoms with Crippen LogP contribution in [0.4, 0.5) is 0 Å². The summed E-state index contributed by atoms with van der Waals surface area (Å²) in [5.74, 6) is 0.753. The summed E-state index contributed by atoms with van der Waals surface area (Å²) in [6.45, 7) is 2.21. The third kappa shape index (κ3) is 2.66. The summed E-state index contributed by atoms with van der Waals surface area (Å²) < 4.78 is 32.0. The minimum atomic E-state index is -3.57. The van der Waals surface area contributed by atoms with Gasteiger partial charge in [0.1, 0.15) is 5.75 Å². The first-order chi connectivity index (χ1) is 8.56. The lowest BCUT2D eigenvalue weighted by Gasteiger charge is -2.14. The van der Waals surface area contributed by atoms with Crippen LogP contribution in [-0.4, -0.2) is 32.8 Å². The molecular weight excluding hydrogens is 254 g/mol. The molecule has 0 amide bonds. The molecule has 0 aliphatic carbocycles. The molecule has 0 spiro atoms. The zero-order valence-electron chi connectivity index (χ0n) is 10.2. The van der Waals surface area contributed by atoms with E-state index in [1.165, 1.54) is 6.07 Å². The number of nitrogens with one attached hydrogen (secondary N) is 1. The van der Waals surface area contributed by atoms with Gasteiger partial charge in [0, 0.05) is 12.5 Å². The maximum absolute atomic E-state index is 12.1. The Morgan fingerprint density at radius 3 is 2.94 bits per heavy atom. The fraction of sp³-hybridized carbons (Fsp3) is 0.500. The van der Waals surface area contributed by atoms with Crippen LogP contribution in [0.2, 0.25) is 0 Å². The zero-order chi connectivity index (χ0) is 13.2. The molecule has 1 atom stereocenters. The highest BCUT2D eigenvalue weighted by Gasteiger charge is 2.21. The van der Waals surface area contributed by atoms with Crippen molar-refractivity contribution in [3.8, 4) is 5.75 Å². The standard InChI is InChI=1S/C12H17NO4S/c1-2-10(8-14)13-18(15,16)11-3-4-12-9(7-11)5-6-17-12/h3-4,7,10,13-14H,2,5-6,8H2,1H3. The molecule has 1 unspecified atom stereocenters. The first kappa shape index (κ1) is 13.3. The SMILES string of the molecule is CCC(CO)NS(=O)(=O)c1ccc2c(c1)CCO2. The predicted molar refractivity (Wildman–Crippen MR) is 67.1 cm³/mol. The number of benzene rings is 1. The molecule has 1 aromatic carbocycles. The van der Waals surface area contributed by atoms with Crippen LogP contribution in [0, 0.1) is 0 Å². The van der Waals surface area contributed by atoms with Gasteiger partial charge in [-0.15, -0.1) is 0 Å². The molecule has 1 aromatic rings. The largest absolute Gasteiger partial charge is 0.493 e. The summed E-state index contributed by atoms with van der Waals surface area (Å²) >= 11 is 0. The molecule has 0 saturated heterocycles. The minimum absolute atomic E-state index is 0.205. The summed E-state index contributed by atoms with van der Waals surface area (Å²) in [5.41, 5.74) is 0.912. The van der Waals surface area contributed by atoms with E-state index >= 15 is 0 Å². The first-order valence-corrected chi connectivity index (χ1v) is 7.44. The van der Waals surface area contributed by atoms with Crippen molar-refractivity contribution in [3.63, 3.8) is 0 Å². The van der Waals surface area contributed by atoms with Gasteiger partial charge in [-0.05, 0) is 30.2 Å². The van der Waals surface area contributed by atoms with Crippen LogP contribution in [0.1, 0.15) is 18.9 Å². The van der Waals surface area contributed by atoms with Crippen molar-refractivity contribution < 1.29 is 18.3 Å². The van der Waals surface area contributed by atoms with E-state index in [2.05, 4.69) is 4.72 Å². The molecule has 2 rings (SSSR count). The molecule has 100 valence electrons. The Bertz CT molecular complexity index is 523. The highest BCUT2D eigenvalue weighted by Crippen LogP contribution is 2.27. The fourth-order valence-corrected chi connectivity index (χ4v) is 3.23. The van der Waals surface area contributed by atoms with Gasteiger partial charge in [0.15, 0.2) is 0 Å². The number of fused-ring (bicyclic) bond motifs is 1. The van der Waals surface area contributed by atoms with Gasteiger partial charge < -0.3 is 9.84 Å². The third-order valence-electron chi connectivity index (χ3n) is 3.01. The smallest absolute Gasteiger partial charge is 0.240 e. The van der Waals surface area contributed by atoms with Crippen LogP contribution < -0.4 is 9.46 Å². The Hall–Kier alpha value is -1.11. The number of aliphatic hydroxyl groups is 1.